The number of nitrogens with one attached hydrogen (secondary N) is 2. The molecule has 4 nitrogen and oxygen atoms in total. The molecule has 0 spiro atoms. The Hall–Kier alpha value is -1.69. The lowest BCUT2D eigenvalue weighted by atomic mass is 10.0. The number of hydrogen-bond acceptors (Lipinski definition) is 2. The number of guanidine groups is 1. The van der Waals surface area contributed by atoms with Crippen LogP contribution in [0.25, 0.3) is 0 Å². The molecule has 25 heavy (non-hydrogen) atoms. The molecule has 2 rings (SSSR count). The van der Waals surface area contributed by atoms with E-state index in [1.54, 1.807) is 7.05 Å². The van der Waals surface area contributed by atoms with Crippen molar-refractivity contribution in [2.75, 3.05) is 33.2 Å². The molecule has 140 valence electrons. The number of unbranched alkanes of at least 4 members (excludes halogenated alkanes) is 1. The lowest BCUT2D eigenvalue weighted by Crippen LogP contribution is -2.38. The van der Waals surface area contributed by atoms with E-state index < -0.39 is 11.6 Å². The normalized spacial score (nSPS) is 19.0. The van der Waals surface area contributed by atoms with Crippen molar-refractivity contribution in [1.29, 1.82) is 0 Å². The van der Waals surface area contributed by atoms with Crippen molar-refractivity contribution in [3.05, 3.63) is 35.4 Å². The van der Waals surface area contributed by atoms with Crippen LogP contribution in [0.1, 0.15) is 38.2 Å². The first-order valence-corrected chi connectivity index (χ1v) is 9.19. The van der Waals surface area contributed by atoms with Gasteiger partial charge >= 0.3 is 0 Å². The van der Waals surface area contributed by atoms with Crippen molar-refractivity contribution >= 4 is 5.96 Å². The summed E-state index contributed by atoms with van der Waals surface area (Å²) in [7, 11) is 1.67. The van der Waals surface area contributed by atoms with E-state index in [9.17, 15) is 8.78 Å². The van der Waals surface area contributed by atoms with Crippen LogP contribution in [0.15, 0.2) is 23.2 Å². The summed E-state index contributed by atoms with van der Waals surface area (Å²) in [6.45, 7) is 6.93. The van der Waals surface area contributed by atoms with Crippen LogP contribution in [0.4, 0.5) is 8.78 Å². The zero-order valence-corrected chi connectivity index (χ0v) is 15.3. The highest BCUT2D eigenvalue weighted by molar-refractivity contribution is 5.79. The number of rotatable bonds is 7. The Morgan fingerprint density at radius 2 is 2.12 bits per heavy atom. The van der Waals surface area contributed by atoms with Gasteiger partial charge in [0.15, 0.2) is 5.96 Å². The molecule has 0 aliphatic carbocycles. The van der Waals surface area contributed by atoms with E-state index in [1.165, 1.54) is 32.0 Å². The summed E-state index contributed by atoms with van der Waals surface area (Å²) in [4.78, 5) is 6.67. The van der Waals surface area contributed by atoms with Crippen LogP contribution >= 0.6 is 0 Å². The van der Waals surface area contributed by atoms with Gasteiger partial charge in [-0.3, -0.25) is 4.99 Å². The summed E-state index contributed by atoms with van der Waals surface area (Å²) in [5.74, 6) is 0.571. The number of halogens is 2. The molecular formula is C19H30F2N4. The molecule has 0 saturated carbocycles. The Morgan fingerprint density at radius 3 is 2.88 bits per heavy atom. The van der Waals surface area contributed by atoms with Crippen molar-refractivity contribution in [2.24, 2.45) is 10.9 Å². The first-order valence-electron chi connectivity index (χ1n) is 9.19. The molecule has 1 aromatic carbocycles. The highest BCUT2D eigenvalue weighted by Gasteiger charge is 2.15. The Labute approximate surface area is 149 Å². The van der Waals surface area contributed by atoms with E-state index in [4.69, 9.17) is 0 Å². The average Bonchev–Trinajstić information content (AvgIpc) is 2.60. The fourth-order valence-corrected chi connectivity index (χ4v) is 3.24. The van der Waals surface area contributed by atoms with E-state index >= 15 is 0 Å². The molecule has 2 N–H and O–H groups in total. The van der Waals surface area contributed by atoms with E-state index in [0.29, 0.717) is 11.5 Å². The fourth-order valence-electron chi connectivity index (χ4n) is 3.24. The quantitative estimate of drug-likeness (QED) is 0.450. The summed E-state index contributed by atoms with van der Waals surface area (Å²) in [6, 6.07) is 3.47. The predicted molar refractivity (Wildman–Crippen MR) is 98.6 cm³/mol. The second kappa shape index (κ2) is 10.3. The van der Waals surface area contributed by atoms with Crippen molar-refractivity contribution in [3.63, 3.8) is 0 Å². The highest BCUT2D eigenvalue weighted by atomic mass is 19.1. The van der Waals surface area contributed by atoms with Gasteiger partial charge in [0.25, 0.3) is 0 Å². The van der Waals surface area contributed by atoms with Crippen LogP contribution in [0.2, 0.25) is 0 Å². The minimum absolute atomic E-state index is 0.203. The second-order valence-corrected chi connectivity index (χ2v) is 6.84. The minimum atomic E-state index is -0.437. The van der Waals surface area contributed by atoms with Crippen molar-refractivity contribution in [3.8, 4) is 0 Å². The molecule has 0 radical (unpaired) electrons. The Kier molecular flexibility index (Phi) is 8.12. The minimum Gasteiger partial charge on any atom is -0.356 e. The number of piperidine rings is 1. The zero-order valence-electron chi connectivity index (χ0n) is 15.3. The number of hydrogen-bond donors (Lipinski definition) is 2. The molecule has 1 aliphatic rings. The fraction of sp³-hybridized carbons (Fsp3) is 0.632. The SMILES string of the molecule is CN=C(NCCCCN1CCCC(C)C1)NCc1cc(F)ccc1F. The third kappa shape index (κ3) is 6.98. The van der Waals surface area contributed by atoms with Gasteiger partial charge in [-0.25, -0.2) is 8.78 Å². The summed E-state index contributed by atoms with van der Waals surface area (Å²) >= 11 is 0. The Balaban J connectivity index is 1.62. The first kappa shape index (κ1) is 19.6. The molecule has 0 bridgehead atoms. The standard InChI is InChI=1S/C19H30F2N4/c1-15-6-5-11-25(14-15)10-4-3-9-23-19(22-2)24-13-16-12-17(20)7-8-18(16)21/h7-8,12,15H,3-6,9-11,13-14H2,1-2H3,(H2,22,23,24). The van der Waals surface area contributed by atoms with Gasteiger partial charge in [-0.1, -0.05) is 6.92 Å². The molecule has 6 heteroatoms. The molecule has 1 aromatic rings. The van der Waals surface area contributed by atoms with Crippen molar-refractivity contribution in [1.82, 2.24) is 15.5 Å². The number of nitrogens with zero attached hydrogens (tertiary/aromatic N) is 2. The second-order valence-electron chi connectivity index (χ2n) is 6.84. The Bertz CT molecular complexity index is 562. The maximum absolute atomic E-state index is 13.6. The predicted octanol–water partition coefficient (Wildman–Crippen LogP) is 3.14. The topological polar surface area (TPSA) is 39.7 Å². The highest BCUT2D eigenvalue weighted by Crippen LogP contribution is 2.15. The lowest BCUT2D eigenvalue weighted by Gasteiger charge is -2.30. The van der Waals surface area contributed by atoms with E-state index in [2.05, 4.69) is 27.4 Å². The molecule has 1 saturated heterocycles. The van der Waals surface area contributed by atoms with Crippen molar-refractivity contribution < 1.29 is 8.78 Å². The molecule has 0 aromatic heterocycles. The van der Waals surface area contributed by atoms with E-state index in [-0.39, 0.29) is 6.54 Å². The van der Waals surface area contributed by atoms with Gasteiger partial charge in [0, 0.05) is 32.2 Å². The maximum Gasteiger partial charge on any atom is 0.191 e. The molecule has 1 aliphatic heterocycles. The van der Waals surface area contributed by atoms with Gasteiger partial charge in [-0.05, 0) is 62.9 Å². The van der Waals surface area contributed by atoms with Gasteiger partial charge in [-0.15, -0.1) is 0 Å². The maximum atomic E-state index is 13.6. The van der Waals surface area contributed by atoms with Crippen LogP contribution in [0, 0.1) is 17.6 Å². The summed E-state index contributed by atoms with van der Waals surface area (Å²) < 4.78 is 26.8. The van der Waals surface area contributed by atoms with Crippen LogP contribution in [-0.2, 0) is 6.54 Å². The Morgan fingerprint density at radius 1 is 1.28 bits per heavy atom. The number of likely N-dealkylation sites (tertiary alicyclic amines) is 1. The van der Waals surface area contributed by atoms with E-state index in [1.807, 2.05) is 0 Å². The zero-order chi connectivity index (χ0) is 18.1. The smallest absolute Gasteiger partial charge is 0.191 e. The molecular weight excluding hydrogens is 322 g/mol. The summed E-state index contributed by atoms with van der Waals surface area (Å²) in [5.41, 5.74) is 0.294. The third-order valence-electron chi connectivity index (χ3n) is 4.61. The van der Waals surface area contributed by atoms with Gasteiger partial charge < -0.3 is 15.5 Å². The molecule has 1 fully saturated rings. The first-order chi connectivity index (χ1) is 12.1. The van der Waals surface area contributed by atoms with Crippen LogP contribution < -0.4 is 10.6 Å². The molecule has 1 unspecified atom stereocenters. The third-order valence-corrected chi connectivity index (χ3v) is 4.61. The summed E-state index contributed by atoms with van der Waals surface area (Å²) in [6.07, 6.45) is 4.87. The van der Waals surface area contributed by atoms with Crippen LogP contribution in [-0.4, -0.2) is 44.1 Å². The van der Waals surface area contributed by atoms with Gasteiger partial charge in [0.1, 0.15) is 11.6 Å². The molecule has 1 atom stereocenters. The van der Waals surface area contributed by atoms with Gasteiger partial charge in [0.05, 0.1) is 0 Å². The van der Waals surface area contributed by atoms with Crippen LogP contribution in [0.3, 0.4) is 0 Å². The van der Waals surface area contributed by atoms with Gasteiger partial charge in [-0.2, -0.15) is 0 Å². The van der Waals surface area contributed by atoms with E-state index in [0.717, 1.165) is 44.0 Å². The molecule has 0 amide bonds. The summed E-state index contributed by atoms with van der Waals surface area (Å²) in [5, 5.41) is 6.25. The van der Waals surface area contributed by atoms with Crippen LogP contribution in [0.5, 0.6) is 0 Å². The number of benzene rings is 1. The lowest BCUT2D eigenvalue weighted by molar-refractivity contribution is 0.181. The molecule has 1 heterocycles. The largest absolute Gasteiger partial charge is 0.356 e. The van der Waals surface area contributed by atoms with Gasteiger partial charge in [0.2, 0.25) is 0 Å². The average molecular weight is 352 g/mol. The van der Waals surface area contributed by atoms with Crippen molar-refractivity contribution in [2.45, 2.75) is 39.2 Å². The monoisotopic (exact) mass is 352 g/mol. The number of aliphatic imine (C=N–C) groups is 1.